The van der Waals surface area contributed by atoms with Crippen LogP contribution in [0.5, 0.6) is 0 Å². The minimum atomic E-state index is 0.0574. The number of amides is 2. The van der Waals surface area contributed by atoms with Gasteiger partial charge in [-0.1, -0.05) is 33.3 Å². The SMILES string of the molecule is C=C1SCCN1C(=O)CCCC(=O)NCCCCC(C)C. The molecule has 1 N–H and O–H groups in total. The van der Waals surface area contributed by atoms with Gasteiger partial charge in [0, 0.05) is 31.7 Å². The van der Waals surface area contributed by atoms with Crippen LogP contribution in [0.3, 0.4) is 0 Å². The van der Waals surface area contributed by atoms with Crippen LogP contribution in [-0.2, 0) is 9.59 Å². The third kappa shape index (κ3) is 7.55. The number of hydrogen-bond acceptors (Lipinski definition) is 3. The average Bonchev–Trinajstić information content (AvgIpc) is 2.84. The molecule has 5 heteroatoms. The maximum atomic E-state index is 11.9. The smallest absolute Gasteiger partial charge is 0.227 e. The predicted octanol–water partition coefficient (Wildman–Crippen LogP) is 3.15. The molecule has 0 aromatic rings. The van der Waals surface area contributed by atoms with Gasteiger partial charge in [0.15, 0.2) is 0 Å². The van der Waals surface area contributed by atoms with Crippen molar-refractivity contribution in [3.63, 3.8) is 0 Å². The predicted molar refractivity (Wildman–Crippen MR) is 88.9 cm³/mol. The summed E-state index contributed by atoms with van der Waals surface area (Å²) in [4.78, 5) is 25.3. The Bertz CT molecular complexity index is 369. The fourth-order valence-electron chi connectivity index (χ4n) is 2.25. The number of carbonyl (C=O) groups excluding carboxylic acids is 2. The van der Waals surface area contributed by atoms with E-state index in [1.54, 1.807) is 16.7 Å². The van der Waals surface area contributed by atoms with E-state index in [1.807, 2.05) is 0 Å². The molecule has 0 bridgehead atoms. The van der Waals surface area contributed by atoms with Gasteiger partial charge in [-0.15, -0.1) is 11.8 Å². The topological polar surface area (TPSA) is 49.4 Å². The first-order chi connectivity index (χ1) is 10.0. The van der Waals surface area contributed by atoms with Crippen molar-refractivity contribution in [1.29, 1.82) is 0 Å². The van der Waals surface area contributed by atoms with Crippen LogP contribution in [0.1, 0.15) is 52.4 Å². The molecular formula is C16H28N2O2S. The van der Waals surface area contributed by atoms with E-state index in [-0.39, 0.29) is 11.8 Å². The summed E-state index contributed by atoms with van der Waals surface area (Å²) in [5.41, 5.74) is 0. The number of carbonyl (C=O) groups is 2. The number of rotatable bonds is 9. The molecule has 1 aliphatic rings. The summed E-state index contributed by atoms with van der Waals surface area (Å²) in [5, 5.41) is 3.77. The molecule has 2 amide bonds. The molecule has 1 saturated heterocycles. The second-order valence-electron chi connectivity index (χ2n) is 5.88. The van der Waals surface area contributed by atoms with Gasteiger partial charge in [0.25, 0.3) is 0 Å². The maximum absolute atomic E-state index is 11.9. The van der Waals surface area contributed by atoms with Gasteiger partial charge in [0.05, 0.1) is 5.03 Å². The van der Waals surface area contributed by atoms with Crippen molar-refractivity contribution < 1.29 is 9.59 Å². The van der Waals surface area contributed by atoms with Crippen molar-refractivity contribution >= 4 is 23.6 Å². The standard InChI is InChI=1S/C16H28N2O2S/c1-13(2)7-4-5-10-17-15(19)8-6-9-16(20)18-11-12-21-14(18)3/h13H,3-12H2,1-2H3,(H,17,19). The zero-order valence-electron chi connectivity index (χ0n) is 13.3. The van der Waals surface area contributed by atoms with Crippen molar-refractivity contribution in [1.82, 2.24) is 10.2 Å². The van der Waals surface area contributed by atoms with Crippen molar-refractivity contribution in [3.8, 4) is 0 Å². The Kier molecular flexibility index (Phi) is 8.50. The largest absolute Gasteiger partial charge is 0.356 e. The monoisotopic (exact) mass is 312 g/mol. The molecule has 1 heterocycles. The lowest BCUT2D eigenvalue weighted by atomic mass is 10.1. The second kappa shape index (κ2) is 9.87. The van der Waals surface area contributed by atoms with Gasteiger partial charge in [0.1, 0.15) is 0 Å². The molecule has 4 nitrogen and oxygen atoms in total. The quantitative estimate of drug-likeness (QED) is 0.665. The first kappa shape index (κ1) is 18.1. The van der Waals surface area contributed by atoms with E-state index in [2.05, 4.69) is 25.7 Å². The minimum absolute atomic E-state index is 0.0574. The van der Waals surface area contributed by atoms with Crippen molar-refractivity contribution in [3.05, 3.63) is 11.6 Å². The summed E-state index contributed by atoms with van der Waals surface area (Å²) in [6.07, 6.45) is 4.88. The Morgan fingerprint density at radius 1 is 1.29 bits per heavy atom. The van der Waals surface area contributed by atoms with Crippen LogP contribution in [0.2, 0.25) is 0 Å². The van der Waals surface area contributed by atoms with Crippen LogP contribution in [-0.4, -0.2) is 35.6 Å². The highest BCUT2D eigenvalue weighted by Crippen LogP contribution is 2.26. The van der Waals surface area contributed by atoms with Crippen LogP contribution in [0.15, 0.2) is 11.6 Å². The lowest BCUT2D eigenvalue weighted by Crippen LogP contribution is -2.27. The van der Waals surface area contributed by atoms with E-state index in [4.69, 9.17) is 0 Å². The lowest BCUT2D eigenvalue weighted by Gasteiger charge is -2.15. The van der Waals surface area contributed by atoms with Gasteiger partial charge in [0.2, 0.25) is 11.8 Å². The Balaban J connectivity index is 2.02. The summed E-state index contributed by atoms with van der Waals surface area (Å²) >= 11 is 1.62. The molecule has 120 valence electrons. The average molecular weight is 312 g/mol. The zero-order chi connectivity index (χ0) is 15.7. The van der Waals surface area contributed by atoms with Crippen LogP contribution in [0, 0.1) is 5.92 Å². The highest BCUT2D eigenvalue weighted by Gasteiger charge is 2.21. The van der Waals surface area contributed by atoms with Crippen LogP contribution in [0.25, 0.3) is 0 Å². The van der Waals surface area contributed by atoms with Gasteiger partial charge in [-0.3, -0.25) is 9.59 Å². The van der Waals surface area contributed by atoms with E-state index in [9.17, 15) is 9.59 Å². The molecule has 1 aliphatic heterocycles. The van der Waals surface area contributed by atoms with Gasteiger partial charge in [-0.05, 0) is 18.8 Å². The maximum Gasteiger partial charge on any atom is 0.227 e. The van der Waals surface area contributed by atoms with E-state index >= 15 is 0 Å². The second-order valence-corrected chi connectivity index (χ2v) is 7.05. The zero-order valence-corrected chi connectivity index (χ0v) is 14.1. The Morgan fingerprint density at radius 2 is 2.05 bits per heavy atom. The Hall–Kier alpha value is -0.970. The molecule has 0 aromatic carbocycles. The number of nitrogens with one attached hydrogen (secondary N) is 1. The summed E-state index contributed by atoms with van der Waals surface area (Å²) in [6, 6.07) is 0. The molecule has 0 aromatic heterocycles. The number of thioether (sulfide) groups is 1. The minimum Gasteiger partial charge on any atom is -0.356 e. The fourth-order valence-corrected chi connectivity index (χ4v) is 3.11. The third-order valence-corrected chi connectivity index (χ3v) is 4.45. The number of unbranched alkanes of at least 4 members (excludes halogenated alkanes) is 1. The number of nitrogens with zero attached hydrogens (tertiary/aromatic N) is 1. The third-order valence-electron chi connectivity index (χ3n) is 3.51. The molecular weight excluding hydrogens is 284 g/mol. The van der Waals surface area contributed by atoms with E-state index in [0.29, 0.717) is 19.3 Å². The van der Waals surface area contributed by atoms with Gasteiger partial charge in [-0.2, -0.15) is 0 Å². The van der Waals surface area contributed by atoms with Crippen LogP contribution in [0.4, 0.5) is 0 Å². The Labute approximate surface area is 132 Å². The summed E-state index contributed by atoms with van der Waals surface area (Å²) in [7, 11) is 0. The summed E-state index contributed by atoms with van der Waals surface area (Å²) in [6.45, 7) is 9.79. The van der Waals surface area contributed by atoms with Gasteiger partial charge < -0.3 is 10.2 Å². The van der Waals surface area contributed by atoms with Gasteiger partial charge in [-0.25, -0.2) is 0 Å². The molecule has 0 aliphatic carbocycles. The van der Waals surface area contributed by atoms with Crippen molar-refractivity contribution in [2.24, 2.45) is 5.92 Å². The highest BCUT2D eigenvalue weighted by molar-refractivity contribution is 8.03. The lowest BCUT2D eigenvalue weighted by molar-refractivity contribution is -0.128. The van der Waals surface area contributed by atoms with E-state index < -0.39 is 0 Å². The summed E-state index contributed by atoms with van der Waals surface area (Å²) < 4.78 is 0. The van der Waals surface area contributed by atoms with E-state index in [0.717, 1.165) is 42.6 Å². The molecule has 1 rings (SSSR count). The first-order valence-electron chi connectivity index (χ1n) is 7.89. The molecule has 1 fully saturated rings. The number of hydrogen-bond donors (Lipinski definition) is 1. The molecule has 0 unspecified atom stereocenters. The van der Waals surface area contributed by atoms with Gasteiger partial charge >= 0.3 is 0 Å². The summed E-state index contributed by atoms with van der Waals surface area (Å²) in [5.74, 6) is 1.81. The molecule has 0 spiro atoms. The highest BCUT2D eigenvalue weighted by atomic mass is 32.2. The van der Waals surface area contributed by atoms with Crippen LogP contribution >= 0.6 is 11.8 Å². The molecule has 0 atom stereocenters. The van der Waals surface area contributed by atoms with E-state index in [1.165, 1.54) is 6.42 Å². The van der Waals surface area contributed by atoms with Crippen molar-refractivity contribution in [2.75, 3.05) is 18.8 Å². The Morgan fingerprint density at radius 3 is 2.67 bits per heavy atom. The normalized spacial score (nSPS) is 14.8. The van der Waals surface area contributed by atoms with Crippen LogP contribution < -0.4 is 5.32 Å². The molecule has 0 saturated carbocycles. The fraction of sp³-hybridized carbons (Fsp3) is 0.750. The molecule has 21 heavy (non-hydrogen) atoms. The van der Waals surface area contributed by atoms with Crippen molar-refractivity contribution in [2.45, 2.75) is 52.4 Å². The first-order valence-corrected chi connectivity index (χ1v) is 8.88. The molecule has 0 radical (unpaired) electrons.